The molecule has 0 fully saturated rings. The topological polar surface area (TPSA) is 102 Å². The minimum Gasteiger partial charge on any atom is -0.467 e. The highest BCUT2D eigenvalue weighted by atomic mass is 32.2. The van der Waals surface area contributed by atoms with Gasteiger partial charge in [-0.2, -0.15) is 0 Å². The summed E-state index contributed by atoms with van der Waals surface area (Å²) in [4.78, 5) is 48.8. The van der Waals surface area contributed by atoms with E-state index in [1.165, 1.54) is 7.11 Å². The molecule has 0 saturated carbocycles. The quantitative estimate of drug-likeness (QED) is 0.318. The van der Waals surface area contributed by atoms with Gasteiger partial charge in [-0.1, -0.05) is 84.6 Å². The maximum atomic E-state index is 12.2. The Bertz CT molecular complexity index is 935. The Morgan fingerprint density at radius 1 is 0.968 bits per heavy atom. The van der Waals surface area contributed by atoms with Crippen LogP contribution in [0.15, 0.2) is 60.7 Å². The maximum Gasteiger partial charge on any atom is 0.329 e. The van der Waals surface area contributed by atoms with Crippen molar-refractivity contribution in [1.82, 2.24) is 10.6 Å². The average molecular weight is 459 g/mol. The molecule has 0 aromatic heterocycles. The molecule has 0 aliphatic carbocycles. The number of hydrogen-bond donors (Lipinski definition) is 2. The van der Waals surface area contributed by atoms with Crippen molar-refractivity contribution in [3.05, 3.63) is 71.8 Å². The van der Waals surface area contributed by atoms with Gasteiger partial charge >= 0.3 is 5.97 Å². The number of carbonyl (C=O) groups excluding carboxylic acids is 4. The van der Waals surface area contributed by atoms with Crippen molar-refractivity contribution in [2.75, 3.05) is 19.4 Å². The lowest BCUT2D eigenvalue weighted by atomic mass is 10.1. The molecule has 0 unspecified atom stereocenters. The van der Waals surface area contributed by atoms with E-state index in [1.54, 1.807) is 60.7 Å². The number of carbonyl (C=O) groups is 4. The molecule has 2 rings (SSSR count). The fraction of sp³-hybridized carbons (Fsp3) is 0.227. The fourth-order valence-corrected chi connectivity index (χ4v) is 3.53. The molecule has 2 N–H and O–H groups in total. The summed E-state index contributed by atoms with van der Waals surface area (Å²) in [6.45, 7) is -0.217. The van der Waals surface area contributed by atoms with Crippen molar-refractivity contribution in [2.45, 2.75) is 12.5 Å². The molecule has 2 aromatic carbocycles. The molecule has 0 aliphatic heterocycles. The van der Waals surface area contributed by atoms with E-state index in [4.69, 9.17) is 17.0 Å². The molecule has 0 bridgehead atoms. The van der Waals surface area contributed by atoms with Gasteiger partial charge in [0.25, 0.3) is 0 Å². The molecule has 0 aliphatic rings. The Morgan fingerprint density at radius 2 is 1.55 bits per heavy atom. The van der Waals surface area contributed by atoms with Crippen LogP contribution in [0.4, 0.5) is 0 Å². The van der Waals surface area contributed by atoms with Crippen molar-refractivity contribution >= 4 is 51.7 Å². The first-order chi connectivity index (χ1) is 14.9. The molecular formula is C22H22N2O5S2. The zero-order valence-corrected chi connectivity index (χ0v) is 18.5. The lowest BCUT2D eigenvalue weighted by molar-refractivity contribution is -0.144. The predicted molar refractivity (Wildman–Crippen MR) is 123 cm³/mol. The molecule has 0 spiro atoms. The third-order valence-electron chi connectivity index (χ3n) is 4.07. The summed E-state index contributed by atoms with van der Waals surface area (Å²) in [6.07, 6.45) is -0.0332. The van der Waals surface area contributed by atoms with Gasteiger partial charge in [-0.15, -0.1) is 0 Å². The van der Waals surface area contributed by atoms with Gasteiger partial charge in [0.15, 0.2) is 5.78 Å². The molecule has 0 radical (unpaired) electrons. The molecule has 1 amide bonds. The molecule has 2 aromatic rings. The van der Waals surface area contributed by atoms with Crippen LogP contribution in [0.1, 0.15) is 27.1 Å². The van der Waals surface area contributed by atoms with Crippen LogP contribution in [0, 0.1) is 0 Å². The first-order valence-electron chi connectivity index (χ1n) is 9.35. The lowest BCUT2D eigenvalue weighted by Crippen LogP contribution is -2.47. The molecule has 0 heterocycles. The summed E-state index contributed by atoms with van der Waals surface area (Å²) >= 11 is 6.03. The van der Waals surface area contributed by atoms with Gasteiger partial charge in [0.1, 0.15) is 6.04 Å². The highest BCUT2D eigenvalue weighted by molar-refractivity contribution is 8.14. The molecule has 0 saturated heterocycles. The van der Waals surface area contributed by atoms with Gasteiger partial charge in [-0.05, 0) is 0 Å². The lowest BCUT2D eigenvalue weighted by Gasteiger charge is -2.16. The summed E-state index contributed by atoms with van der Waals surface area (Å²) in [7, 11) is 1.20. The smallest absolute Gasteiger partial charge is 0.329 e. The minimum atomic E-state index is -1.00. The second-order valence-electron chi connectivity index (χ2n) is 6.35. The molecule has 162 valence electrons. The van der Waals surface area contributed by atoms with Gasteiger partial charge in [-0.3, -0.25) is 14.4 Å². The van der Waals surface area contributed by atoms with Crippen LogP contribution >= 0.6 is 24.0 Å². The number of hydrogen-bond acceptors (Lipinski definition) is 7. The van der Waals surface area contributed by atoms with Crippen molar-refractivity contribution in [1.29, 1.82) is 0 Å². The summed E-state index contributed by atoms with van der Waals surface area (Å²) < 4.78 is 4.71. The van der Waals surface area contributed by atoms with Crippen molar-refractivity contribution in [2.24, 2.45) is 0 Å². The monoisotopic (exact) mass is 458 g/mol. The Balaban J connectivity index is 1.82. The third kappa shape index (κ3) is 8.31. The normalized spacial score (nSPS) is 11.1. The van der Waals surface area contributed by atoms with E-state index >= 15 is 0 Å². The second-order valence-corrected chi connectivity index (χ2v) is 7.84. The predicted octanol–water partition coefficient (Wildman–Crippen LogP) is 2.41. The first-order valence-corrected chi connectivity index (χ1v) is 10.7. The summed E-state index contributed by atoms with van der Waals surface area (Å²) in [5.41, 5.74) is 1.03. The second kappa shape index (κ2) is 12.6. The number of esters is 1. The zero-order chi connectivity index (χ0) is 22.6. The highest BCUT2D eigenvalue weighted by Gasteiger charge is 2.23. The number of amides is 1. The first kappa shape index (κ1) is 24.2. The summed E-state index contributed by atoms with van der Waals surface area (Å²) in [5, 5.41) is 5.01. The average Bonchev–Trinajstić information content (AvgIpc) is 2.80. The number of benzene rings is 2. The zero-order valence-electron chi connectivity index (χ0n) is 16.8. The molecule has 9 heteroatoms. The molecular weight excluding hydrogens is 436 g/mol. The van der Waals surface area contributed by atoms with E-state index in [-0.39, 0.29) is 34.6 Å². The van der Waals surface area contributed by atoms with Crippen LogP contribution < -0.4 is 10.6 Å². The van der Waals surface area contributed by atoms with Gasteiger partial charge < -0.3 is 15.4 Å². The van der Waals surface area contributed by atoms with Crippen LogP contribution in [-0.2, 0) is 14.3 Å². The standard InChI is InChI=1S/C22H22N2O5S2/c1-29-21(27)17(14-31-22(28)16-10-6-3-7-11-16)24-19(26)13-23-20(30)12-18(25)15-8-4-2-5-9-15/h2-11,17H,12-14H2,1H3,(H,23,30)(H,24,26)/t17-/m0/s1. The van der Waals surface area contributed by atoms with Crippen LogP contribution in [0.2, 0.25) is 0 Å². The fourth-order valence-electron chi connectivity index (χ4n) is 2.49. The van der Waals surface area contributed by atoms with E-state index in [1.807, 2.05) is 0 Å². The molecule has 1 atom stereocenters. The van der Waals surface area contributed by atoms with Crippen LogP contribution in [0.25, 0.3) is 0 Å². The number of ketones is 1. The van der Waals surface area contributed by atoms with Crippen molar-refractivity contribution < 1.29 is 23.9 Å². The van der Waals surface area contributed by atoms with Crippen molar-refractivity contribution in [3.63, 3.8) is 0 Å². The van der Waals surface area contributed by atoms with E-state index in [9.17, 15) is 19.2 Å². The number of thioether (sulfide) groups is 1. The van der Waals surface area contributed by atoms with Gasteiger partial charge in [0.05, 0.1) is 25.1 Å². The molecule has 31 heavy (non-hydrogen) atoms. The van der Waals surface area contributed by atoms with Gasteiger partial charge in [0.2, 0.25) is 11.0 Å². The van der Waals surface area contributed by atoms with Crippen molar-refractivity contribution in [3.8, 4) is 0 Å². The Morgan fingerprint density at radius 3 is 2.13 bits per heavy atom. The van der Waals surface area contributed by atoms with Gasteiger partial charge in [0, 0.05) is 16.9 Å². The van der Waals surface area contributed by atoms with Crippen LogP contribution in [0.3, 0.4) is 0 Å². The summed E-state index contributed by atoms with van der Waals surface area (Å²) in [5.74, 6) is -1.33. The Labute approximate surface area is 189 Å². The van der Waals surface area contributed by atoms with E-state index in [2.05, 4.69) is 10.6 Å². The van der Waals surface area contributed by atoms with Gasteiger partial charge in [-0.25, -0.2) is 4.79 Å². The van der Waals surface area contributed by atoms with E-state index in [0.29, 0.717) is 11.1 Å². The van der Waals surface area contributed by atoms with E-state index < -0.39 is 17.9 Å². The van der Waals surface area contributed by atoms with Crippen LogP contribution in [-0.4, -0.2) is 53.2 Å². The third-order valence-corrected chi connectivity index (χ3v) is 5.36. The molecule has 7 nitrogen and oxygen atoms in total. The number of thiocarbonyl (C=S) groups is 1. The number of nitrogens with one attached hydrogen (secondary N) is 2. The number of Topliss-reactive ketones (excluding diaryl/α,β-unsaturated/α-hetero) is 1. The SMILES string of the molecule is COC(=O)[C@H](CSC(=O)c1ccccc1)NC(=O)CNC(=S)CC(=O)c1ccccc1. The Kier molecular flexibility index (Phi) is 9.86. The van der Waals surface area contributed by atoms with E-state index in [0.717, 1.165) is 11.8 Å². The summed E-state index contributed by atoms with van der Waals surface area (Å²) in [6, 6.07) is 16.3. The number of ether oxygens (including phenoxy) is 1. The largest absolute Gasteiger partial charge is 0.467 e. The maximum absolute atomic E-state index is 12.2. The number of methoxy groups -OCH3 is 1. The van der Waals surface area contributed by atoms with Crippen LogP contribution in [0.5, 0.6) is 0 Å². The Hall–Kier alpha value is -3.04. The number of rotatable bonds is 10. The minimum absolute atomic E-state index is 0.0169. The highest BCUT2D eigenvalue weighted by Crippen LogP contribution is 2.13.